The van der Waals surface area contributed by atoms with Crippen molar-refractivity contribution in [3.63, 3.8) is 0 Å². The van der Waals surface area contributed by atoms with Gasteiger partial charge >= 0.3 is 0 Å². The zero-order valence-electron chi connectivity index (χ0n) is 15.5. The molecule has 140 valence electrons. The Hall–Kier alpha value is -3.09. The molecule has 0 aliphatic heterocycles. The molecule has 5 N–H and O–H groups in total. The number of hydrogen-bond donors (Lipinski definition) is 4. The second kappa shape index (κ2) is 7.65. The zero-order valence-corrected chi connectivity index (χ0v) is 15.5. The summed E-state index contributed by atoms with van der Waals surface area (Å²) >= 11 is 0. The average molecular weight is 364 g/mol. The van der Waals surface area contributed by atoms with Crippen LogP contribution in [0.1, 0.15) is 22.5 Å². The molecule has 0 fully saturated rings. The Morgan fingerprint density at radius 2 is 1.81 bits per heavy atom. The van der Waals surface area contributed by atoms with E-state index in [1.165, 1.54) is 0 Å². The van der Waals surface area contributed by atoms with E-state index in [2.05, 4.69) is 16.5 Å². The second-order valence-electron chi connectivity index (χ2n) is 6.57. The number of aliphatic hydroxyl groups is 2. The Bertz CT molecular complexity index is 1000. The van der Waals surface area contributed by atoms with E-state index in [1.807, 2.05) is 44.4 Å². The Balaban J connectivity index is 2.05. The Kier molecular flexibility index (Phi) is 5.30. The molecular weight excluding hydrogens is 340 g/mol. The topological polar surface area (TPSA) is 98.4 Å². The van der Waals surface area contributed by atoms with Crippen molar-refractivity contribution in [2.45, 2.75) is 13.2 Å². The number of allylic oxidation sites excluding steroid dienone is 1. The van der Waals surface area contributed by atoms with Gasteiger partial charge in [0.05, 0.1) is 17.6 Å². The standard InChI is InChI=1S/C21H24N4O2/c1-13(16-7-4-14(12-26)5-8-16)20(27)19(25(2)3)21-23-17-9-6-15(11-22)10-18(17)24-21/h4-10,26-27H,1,11-12,22H2,2-3H3,(H,23,24)/b20-19+. The minimum atomic E-state index is -0.0265. The Morgan fingerprint density at radius 3 is 2.41 bits per heavy atom. The smallest absolute Gasteiger partial charge is 0.158 e. The number of benzene rings is 2. The first-order valence-corrected chi connectivity index (χ1v) is 8.63. The summed E-state index contributed by atoms with van der Waals surface area (Å²) in [5.74, 6) is 0.588. The molecular formula is C21H24N4O2. The van der Waals surface area contributed by atoms with E-state index in [9.17, 15) is 10.2 Å². The van der Waals surface area contributed by atoms with E-state index in [-0.39, 0.29) is 12.4 Å². The Morgan fingerprint density at radius 1 is 1.15 bits per heavy atom. The van der Waals surface area contributed by atoms with E-state index in [4.69, 9.17) is 5.73 Å². The SMILES string of the molecule is C=C(/C(O)=C(/c1nc2ccc(CN)cc2[nH]1)N(C)C)c1ccc(CO)cc1. The van der Waals surface area contributed by atoms with Gasteiger partial charge in [0, 0.05) is 26.2 Å². The number of fused-ring (bicyclic) bond motifs is 1. The number of nitrogens with one attached hydrogen (secondary N) is 1. The van der Waals surface area contributed by atoms with Gasteiger partial charge in [0.2, 0.25) is 0 Å². The van der Waals surface area contributed by atoms with Gasteiger partial charge in [-0.1, -0.05) is 36.9 Å². The highest BCUT2D eigenvalue weighted by atomic mass is 16.3. The number of nitrogens with zero attached hydrogens (tertiary/aromatic N) is 2. The third kappa shape index (κ3) is 3.72. The normalized spacial score (nSPS) is 12.1. The molecule has 0 saturated heterocycles. The van der Waals surface area contributed by atoms with Crippen molar-refractivity contribution in [2.24, 2.45) is 5.73 Å². The monoisotopic (exact) mass is 364 g/mol. The maximum Gasteiger partial charge on any atom is 0.158 e. The van der Waals surface area contributed by atoms with Crippen LogP contribution in [0.5, 0.6) is 0 Å². The van der Waals surface area contributed by atoms with Gasteiger partial charge in [-0.05, 0) is 28.8 Å². The van der Waals surface area contributed by atoms with Gasteiger partial charge in [0.15, 0.2) is 5.82 Å². The summed E-state index contributed by atoms with van der Waals surface area (Å²) in [7, 11) is 3.68. The van der Waals surface area contributed by atoms with Crippen LogP contribution in [0, 0.1) is 0 Å². The first kappa shape index (κ1) is 18.7. The maximum absolute atomic E-state index is 10.9. The van der Waals surface area contributed by atoms with Crippen LogP contribution in [0.4, 0.5) is 0 Å². The van der Waals surface area contributed by atoms with Gasteiger partial charge in [0.25, 0.3) is 0 Å². The molecule has 0 amide bonds. The number of hydrogen-bond acceptors (Lipinski definition) is 5. The van der Waals surface area contributed by atoms with Gasteiger partial charge in [-0.15, -0.1) is 0 Å². The molecule has 3 aromatic rings. The summed E-state index contributed by atoms with van der Waals surface area (Å²) in [6, 6.07) is 13.1. The van der Waals surface area contributed by atoms with Crippen LogP contribution in [0.25, 0.3) is 22.3 Å². The lowest BCUT2D eigenvalue weighted by Gasteiger charge is -2.18. The highest BCUT2D eigenvalue weighted by molar-refractivity contribution is 5.86. The molecule has 6 heteroatoms. The number of aromatic amines is 1. The van der Waals surface area contributed by atoms with Crippen molar-refractivity contribution >= 4 is 22.3 Å². The minimum absolute atomic E-state index is 0.0265. The summed E-state index contributed by atoms with van der Waals surface area (Å²) in [5.41, 5.74) is 11.0. The summed E-state index contributed by atoms with van der Waals surface area (Å²) in [6.45, 7) is 4.46. The average Bonchev–Trinajstić information content (AvgIpc) is 3.09. The molecule has 0 aliphatic rings. The van der Waals surface area contributed by atoms with Crippen molar-refractivity contribution in [3.05, 3.63) is 77.3 Å². The van der Waals surface area contributed by atoms with Crippen LogP contribution in [0.15, 0.2) is 54.8 Å². The number of H-pyrrole nitrogens is 1. The van der Waals surface area contributed by atoms with Crippen LogP contribution >= 0.6 is 0 Å². The maximum atomic E-state index is 10.9. The molecule has 0 saturated carbocycles. The summed E-state index contributed by atoms with van der Waals surface area (Å²) in [5, 5.41) is 20.1. The van der Waals surface area contributed by atoms with Crippen LogP contribution in [-0.4, -0.2) is 39.2 Å². The zero-order chi connectivity index (χ0) is 19.6. The largest absolute Gasteiger partial charge is 0.505 e. The third-order valence-corrected chi connectivity index (χ3v) is 4.45. The van der Waals surface area contributed by atoms with Crippen molar-refractivity contribution in [2.75, 3.05) is 14.1 Å². The van der Waals surface area contributed by atoms with Crippen molar-refractivity contribution in [1.29, 1.82) is 0 Å². The summed E-state index contributed by atoms with van der Waals surface area (Å²) in [6.07, 6.45) is 0. The van der Waals surface area contributed by atoms with Gasteiger partial charge in [0.1, 0.15) is 11.5 Å². The molecule has 1 heterocycles. The van der Waals surface area contributed by atoms with E-state index in [1.54, 1.807) is 17.0 Å². The van der Waals surface area contributed by atoms with Gasteiger partial charge < -0.3 is 25.8 Å². The number of imidazole rings is 1. The molecule has 0 atom stereocenters. The highest BCUT2D eigenvalue weighted by Gasteiger charge is 2.18. The predicted octanol–water partition coefficient (Wildman–Crippen LogP) is 3.02. The van der Waals surface area contributed by atoms with Gasteiger partial charge in [-0.3, -0.25) is 0 Å². The molecule has 1 aromatic heterocycles. The minimum Gasteiger partial charge on any atom is -0.505 e. The van der Waals surface area contributed by atoms with Crippen molar-refractivity contribution in [1.82, 2.24) is 14.9 Å². The third-order valence-electron chi connectivity index (χ3n) is 4.45. The van der Waals surface area contributed by atoms with Crippen molar-refractivity contribution < 1.29 is 10.2 Å². The van der Waals surface area contributed by atoms with Gasteiger partial charge in [-0.2, -0.15) is 0 Å². The fraction of sp³-hybridized carbons (Fsp3) is 0.190. The molecule has 0 aliphatic carbocycles. The second-order valence-corrected chi connectivity index (χ2v) is 6.57. The molecule has 0 spiro atoms. The highest BCUT2D eigenvalue weighted by Crippen LogP contribution is 2.29. The molecule has 0 unspecified atom stereocenters. The number of rotatable bonds is 6. The number of aromatic nitrogens is 2. The lowest BCUT2D eigenvalue weighted by atomic mass is 10.0. The first-order chi connectivity index (χ1) is 12.9. The van der Waals surface area contributed by atoms with Gasteiger partial charge in [-0.25, -0.2) is 4.98 Å². The van der Waals surface area contributed by atoms with E-state index < -0.39 is 0 Å². The quantitative estimate of drug-likeness (QED) is 0.398. The summed E-state index contributed by atoms with van der Waals surface area (Å²) in [4.78, 5) is 9.66. The van der Waals surface area contributed by atoms with E-state index in [0.29, 0.717) is 23.6 Å². The lowest BCUT2D eigenvalue weighted by Crippen LogP contribution is -2.14. The molecule has 6 nitrogen and oxygen atoms in total. The molecule has 0 radical (unpaired) electrons. The molecule has 2 aromatic carbocycles. The summed E-state index contributed by atoms with van der Waals surface area (Å²) < 4.78 is 0. The predicted molar refractivity (Wildman–Crippen MR) is 109 cm³/mol. The number of aliphatic hydroxyl groups excluding tert-OH is 2. The molecule has 0 bridgehead atoms. The van der Waals surface area contributed by atoms with Crippen molar-refractivity contribution in [3.8, 4) is 0 Å². The lowest BCUT2D eigenvalue weighted by molar-refractivity contribution is 0.282. The van der Waals surface area contributed by atoms with E-state index >= 15 is 0 Å². The fourth-order valence-electron chi connectivity index (χ4n) is 2.92. The van der Waals surface area contributed by atoms with Crippen LogP contribution in [-0.2, 0) is 13.2 Å². The fourth-order valence-corrected chi connectivity index (χ4v) is 2.92. The Labute approximate surface area is 158 Å². The van der Waals surface area contributed by atoms with Crippen LogP contribution < -0.4 is 5.73 Å². The van der Waals surface area contributed by atoms with Crippen LogP contribution in [0.3, 0.4) is 0 Å². The number of nitrogens with two attached hydrogens (primary N) is 1. The molecule has 27 heavy (non-hydrogen) atoms. The van der Waals surface area contributed by atoms with E-state index in [0.717, 1.165) is 27.7 Å². The molecule has 3 rings (SSSR count). The van der Waals surface area contributed by atoms with Crippen LogP contribution in [0.2, 0.25) is 0 Å². The first-order valence-electron chi connectivity index (χ1n) is 8.63.